The minimum Gasteiger partial charge on any atom is -0.390 e. The Kier molecular flexibility index (Phi) is 3.99. The Bertz CT molecular complexity index is 422. The lowest BCUT2D eigenvalue weighted by molar-refractivity contribution is 0.0351. The van der Waals surface area contributed by atoms with Gasteiger partial charge in [0.05, 0.1) is 17.4 Å². The summed E-state index contributed by atoms with van der Waals surface area (Å²) >= 11 is 3.56. The zero-order valence-corrected chi connectivity index (χ0v) is 12.4. The van der Waals surface area contributed by atoms with Gasteiger partial charge >= 0.3 is 0 Å². The van der Waals surface area contributed by atoms with Crippen LogP contribution in [0.3, 0.4) is 0 Å². The molecule has 2 rings (SSSR count). The van der Waals surface area contributed by atoms with Gasteiger partial charge in [-0.3, -0.25) is 0 Å². The highest BCUT2D eigenvalue weighted by molar-refractivity contribution is 9.10. The Balaban J connectivity index is 2.15. The molecule has 0 spiro atoms. The maximum absolute atomic E-state index is 9.95. The Labute approximate surface area is 117 Å². The van der Waals surface area contributed by atoms with Crippen LogP contribution in [0, 0.1) is 0 Å². The fraction of sp³-hybridized carbons (Fsp3) is 0.571. The van der Waals surface area contributed by atoms with Crippen molar-refractivity contribution >= 4 is 21.6 Å². The Morgan fingerprint density at radius 3 is 2.44 bits per heavy atom. The summed E-state index contributed by atoms with van der Waals surface area (Å²) in [4.78, 5) is 2.27. The van der Waals surface area contributed by atoms with Crippen molar-refractivity contribution in [3.63, 3.8) is 0 Å². The van der Waals surface area contributed by atoms with Crippen molar-refractivity contribution < 1.29 is 10.2 Å². The molecule has 1 saturated heterocycles. The average Bonchev–Trinajstić information content (AvgIpc) is 2.29. The van der Waals surface area contributed by atoms with Crippen LogP contribution in [0.15, 0.2) is 22.7 Å². The van der Waals surface area contributed by atoms with Crippen LogP contribution in [0.5, 0.6) is 0 Å². The molecule has 1 aromatic rings. The largest absolute Gasteiger partial charge is 0.390 e. The van der Waals surface area contributed by atoms with E-state index in [2.05, 4.69) is 20.8 Å². The maximum Gasteiger partial charge on any atom is 0.0762 e. The third-order valence-corrected chi connectivity index (χ3v) is 4.27. The molecule has 0 unspecified atom stereocenters. The summed E-state index contributed by atoms with van der Waals surface area (Å²) in [6, 6.07) is 5.95. The van der Waals surface area contributed by atoms with Gasteiger partial charge in [-0.25, -0.2) is 0 Å². The minimum atomic E-state index is -0.525. The van der Waals surface area contributed by atoms with Gasteiger partial charge in [0.25, 0.3) is 0 Å². The van der Waals surface area contributed by atoms with E-state index in [1.54, 1.807) is 6.92 Å². The van der Waals surface area contributed by atoms with E-state index in [1.165, 1.54) is 0 Å². The summed E-state index contributed by atoms with van der Waals surface area (Å²) in [6.07, 6.45) is 1.13. The number of piperidine rings is 1. The predicted molar refractivity (Wildman–Crippen MR) is 76.8 cm³/mol. The molecular weight excluding hydrogens is 294 g/mol. The maximum atomic E-state index is 9.95. The lowest BCUT2D eigenvalue weighted by atomic mass is 9.93. The monoisotopic (exact) mass is 313 g/mol. The molecule has 0 aromatic heterocycles. The van der Waals surface area contributed by atoms with Crippen molar-refractivity contribution in [3.05, 3.63) is 28.2 Å². The fourth-order valence-corrected chi connectivity index (χ4v) is 2.92. The summed E-state index contributed by atoms with van der Waals surface area (Å²) in [5, 5.41) is 19.5. The fourth-order valence-electron chi connectivity index (χ4n) is 2.27. The van der Waals surface area contributed by atoms with Gasteiger partial charge in [-0.05, 0) is 60.3 Å². The number of hydrogen-bond acceptors (Lipinski definition) is 3. The van der Waals surface area contributed by atoms with E-state index in [1.807, 2.05) is 25.1 Å². The van der Waals surface area contributed by atoms with Crippen molar-refractivity contribution in [1.29, 1.82) is 0 Å². The van der Waals surface area contributed by atoms with E-state index in [9.17, 15) is 10.2 Å². The van der Waals surface area contributed by atoms with E-state index in [0.717, 1.165) is 41.7 Å². The van der Waals surface area contributed by atoms with Gasteiger partial charge in [-0.15, -0.1) is 0 Å². The SMILES string of the molecule is C[C@@H](O)c1ccc(N2CCC(C)(O)CC2)c(Br)c1. The number of hydrogen-bond donors (Lipinski definition) is 2. The van der Waals surface area contributed by atoms with Crippen LogP contribution in [0.1, 0.15) is 38.4 Å². The number of rotatable bonds is 2. The summed E-state index contributed by atoms with van der Waals surface area (Å²) in [5.74, 6) is 0. The van der Waals surface area contributed by atoms with Gasteiger partial charge in [0, 0.05) is 17.6 Å². The summed E-state index contributed by atoms with van der Waals surface area (Å²) in [5.41, 5.74) is 1.52. The highest BCUT2D eigenvalue weighted by Gasteiger charge is 2.28. The first kappa shape index (κ1) is 13.8. The standard InChI is InChI=1S/C14H20BrNO2/c1-10(17)11-3-4-13(12(15)9-11)16-7-5-14(2,18)6-8-16/h3-4,9-10,17-18H,5-8H2,1-2H3/t10-/m1/s1. The minimum absolute atomic E-state index is 0.447. The van der Waals surface area contributed by atoms with Gasteiger partial charge in [0.15, 0.2) is 0 Å². The second-order valence-corrected chi connectivity index (χ2v) is 6.23. The Hall–Kier alpha value is -0.580. The first-order chi connectivity index (χ1) is 8.39. The predicted octanol–water partition coefficient (Wildman–Crippen LogP) is 2.85. The Morgan fingerprint density at radius 1 is 1.33 bits per heavy atom. The second-order valence-electron chi connectivity index (χ2n) is 5.37. The molecule has 1 heterocycles. The topological polar surface area (TPSA) is 43.7 Å². The number of aliphatic hydroxyl groups is 2. The average molecular weight is 314 g/mol. The van der Waals surface area contributed by atoms with E-state index in [-0.39, 0.29) is 0 Å². The number of anilines is 1. The summed E-state index contributed by atoms with van der Waals surface area (Å²) in [6.45, 7) is 5.38. The molecule has 2 N–H and O–H groups in total. The number of nitrogens with zero attached hydrogens (tertiary/aromatic N) is 1. The third kappa shape index (κ3) is 3.05. The van der Waals surface area contributed by atoms with Gasteiger partial charge in [0.2, 0.25) is 0 Å². The molecule has 1 aliphatic rings. The molecule has 1 aliphatic heterocycles. The molecule has 0 bridgehead atoms. The van der Waals surface area contributed by atoms with Crippen molar-refractivity contribution in [2.45, 2.75) is 38.4 Å². The van der Waals surface area contributed by atoms with E-state index >= 15 is 0 Å². The highest BCUT2D eigenvalue weighted by Crippen LogP contribution is 2.33. The first-order valence-electron chi connectivity index (χ1n) is 6.34. The molecule has 0 amide bonds. The van der Waals surface area contributed by atoms with Gasteiger partial charge in [0.1, 0.15) is 0 Å². The Morgan fingerprint density at radius 2 is 1.94 bits per heavy atom. The number of aliphatic hydroxyl groups excluding tert-OH is 1. The number of benzene rings is 1. The van der Waals surface area contributed by atoms with E-state index < -0.39 is 11.7 Å². The highest BCUT2D eigenvalue weighted by atomic mass is 79.9. The van der Waals surface area contributed by atoms with Crippen molar-refractivity contribution in [3.8, 4) is 0 Å². The van der Waals surface area contributed by atoms with Crippen molar-refractivity contribution in [2.75, 3.05) is 18.0 Å². The normalized spacial score (nSPS) is 20.8. The second kappa shape index (κ2) is 5.19. The molecule has 100 valence electrons. The van der Waals surface area contributed by atoms with Crippen molar-refractivity contribution in [1.82, 2.24) is 0 Å². The lowest BCUT2D eigenvalue weighted by Crippen LogP contribution is -2.42. The van der Waals surface area contributed by atoms with Crippen molar-refractivity contribution in [2.24, 2.45) is 0 Å². The quantitative estimate of drug-likeness (QED) is 0.882. The molecular formula is C14H20BrNO2. The van der Waals surface area contributed by atoms with Gasteiger partial charge in [-0.2, -0.15) is 0 Å². The van der Waals surface area contributed by atoms with Crippen LogP contribution in [-0.2, 0) is 0 Å². The molecule has 1 aromatic carbocycles. The molecule has 18 heavy (non-hydrogen) atoms. The summed E-state index contributed by atoms with van der Waals surface area (Å²) < 4.78 is 1.00. The third-order valence-electron chi connectivity index (χ3n) is 3.64. The van der Waals surface area contributed by atoms with E-state index in [4.69, 9.17) is 0 Å². The van der Waals surface area contributed by atoms with Crippen LogP contribution < -0.4 is 4.90 Å². The molecule has 0 radical (unpaired) electrons. The molecule has 3 nitrogen and oxygen atoms in total. The molecule has 1 fully saturated rings. The van der Waals surface area contributed by atoms with Gasteiger partial charge in [-0.1, -0.05) is 6.07 Å². The van der Waals surface area contributed by atoms with Gasteiger partial charge < -0.3 is 15.1 Å². The van der Waals surface area contributed by atoms with Crippen LogP contribution in [-0.4, -0.2) is 28.9 Å². The van der Waals surface area contributed by atoms with Crippen LogP contribution in [0.2, 0.25) is 0 Å². The lowest BCUT2D eigenvalue weighted by Gasteiger charge is -2.37. The molecule has 1 atom stereocenters. The zero-order valence-electron chi connectivity index (χ0n) is 10.9. The smallest absolute Gasteiger partial charge is 0.0762 e. The number of halogens is 1. The molecule has 4 heteroatoms. The van der Waals surface area contributed by atoms with Crippen LogP contribution >= 0.6 is 15.9 Å². The zero-order chi connectivity index (χ0) is 13.3. The summed E-state index contributed by atoms with van der Waals surface area (Å²) in [7, 11) is 0. The van der Waals surface area contributed by atoms with Crippen LogP contribution in [0.4, 0.5) is 5.69 Å². The molecule has 0 aliphatic carbocycles. The van der Waals surface area contributed by atoms with E-state index in [0.29, 0.717) is 0 Å². The first-order valence-corrected chi connectivity index (χ1v) is 7.13. The molecule has 0 saturated carbocycles. The van der Waals surface area contributed by atoms with Crippen LogP contribution in [0.25, 0.3) is 0 Å².